The monoisotopic (exact) mass is 332 g/mol. The highest BCUT2D eigenvalue weighted by Crippen LogP contribution is 2.13. The zero-order valence-corrected chi connectivity index (χ0v) is 14.9. The molecule has 0 spiro atoms. The molecular weight excluding hydrogens is 308 g/mol. The van der Waals surface area contributed by atoms with E-state index in [1.165, 1.54) is 4.88 Å². The Bertz CT molecular complexity index is 650. The van der Waals surface area contributed by atoms with E-state index in [0.29, 0.717) is 6.54 Å². The van der Waals surface area contributed by atoms with Gasteiger partial charge in [-0.3, -0.25) is 4.99 Å². The highest BCUT2D eigenvalue weighted by atomic mass is 32.1. The fraction of sp³-hybridized carbons (Fsp3) is 0.438. The number of nitrogens with zero attached hydrogens (tertiary/aromatic N) is 4. The fourth-order valence-electron chi connectivity index (χ4n) is 2.18. The van der Waals surface area contributed by atoms with Crippen molar-refractivity contribution in [1.29, 1.82) is 0 Å². The summed E-state index contributed by atoms with van der Waals surface area (Å²) in [5.74, 6) is 1.75. The maximum Gasteiger partial charge on any atom is 0.191 e. The van der Waals surface area contributed by atoms with E-state index in [9.17, 15) is 0 Å². The summed E-state index contributed by atoms with van der Waals surface area (Å²) < 4.78 is 0. The molecule has 0 aliphatic heterocycles. The molecule has 23 heavy (non-hydrogen) atoms. The summed E-state index contributed by atoms with van der Waals surface area (Å²) in [4.78, 5) is 16.3. The van der Waals surface area contributed by atoms with E-state index >= 15 is 0 Å². The van der Waals surface area contributed by atoms with Crippen molar-refractivity contribution in [3.8, 4) is 0 Å². The first-order valence-electron chi connectivity index (χ1n) is 7.57. The number of pyridine rings is 1. The molecule has 0 amide bonds. The van der Waals surface area contributed by atoms with Crippen molar-refractivity contribution in [2.45, 2.75) is 19.9 Å². The Morgan fingerprint density at radius 2 is 2.13 bits per heavy atom. The van der Waals surface area contributed by atoms with Gasteiger partial charge in [0.05, 0.1) is 5.01 Å². The standard InChI is InChI=1S/C16H24N6S/c1-12-10-20-14(23-12)7-9-19-16(17-2)21-11-13-6-5-8-18-15(13)22(3)4/h5-6,8,10H,7,9,11H2,1-4H3,(H2,17,19,21). The molecule has 6 nitrogen and oxygen atoms in total. The molecule has 7 heteroatoms. The van der Waals surface area contributed by atoms with Crippen molar-refractivity contribution in [3.63, 3.8) is 0 Å². The highest BCUT2D eigenvalue weighted by Gasteiger charge is 2.06. The number of rotatable bonds is 6. The van der Waals surface area contributed by atoms with Gasteiger partial charge >= 0.3 is 0 Å². The molecule has 0 aromatic carbocycles. The van der Waals surface area contributed by atoms with Crippen LogP contribution in [-0.4, -0.2) is 43.6 Å². The van der Waals surface area contributed by atoms with Crippen LogP contribution in [0.5, 0.6) is 0 Å². The molecule has 0 bridgehead atoms. The molecule has 0 fully saturated rings. The number of thiazole rings is 1. The lowest BCUT2D eigenvalue weighted by Crippen LogP contribution is -2.38. The molecule has 0 radical (unpaired) electrons. The van der Waals surface area contributed by atoms with E-state index in [0.717, 1.165) is 35.3 Å². The van der Waals surface area contributed by atoms with Gasteiger partial charge in [-0.25, -0.2) is 9.97 Å². The van der Waals surface area contributed by atoms with E-state index in [2.05, 4.69) is 38.6 Å². The summed E-state index contributed by atoms with van der Waals surface area (Å²) in [6, 6.07) is 4.02. The number of guanidine groups is 1. The summed E-state index contributed by atoms with van der Waals surface area (Å²) in [5, 5.41) is 7.79. The topological polar surface area (TPSA) is 65.4 Å². The zero-order chi connectivity index (χ0) is 16.7. The van der Waals surface area contributed by atoms with Crippen molar-refractivity contribution < 1.29 is 0 Å². The second-order valence-corrected chi connectivity index (χ2v) is 6.67. The van der Waals surface area contributed by atoms with Gasteiger partial charge in [0.25, 0.3) is 0 Å². The van der Waals surface area contributed by atoms with Gasteiger partial charge in [-0.05, 0) is 13.0 Å². The second-order valence-electron chi connectivity index (χ2n) is 5.35. The quantitative estimate of drug-likeness (QED) is 0.624. The van der Waals surface area contributed by atoms with Crippen LogP contribution in [0.3, 0.4) is 0 Å². The molecule has 2 heterocycles. The molecule has 2 aromatic rings. The molecule has 2 rings (SSSR count). The third-order valence-electron chi connectivity index (χ3n) is 3.26. The average molecular weight is 332 g/mol. The van der Waals surface area contributed by atoms with Gasteiger partial charge in [0, 0.05) is 63.5 Å². The van der Waals surface area contributed by atoms with Crippen molar-refractivity contribution in [3.05, 3.63) is 40.0 Å². The van der Waals surface area contributed by atoms with Gasteiger partial charge in [-0.1, -0.05) is 6.07 Å². The Hall–Kier alpha value is -2.15. The van der Waals surface area contributed by atoms with Gasteiger partial charge in [-0.15, -0.1) is 11.3 Å². The second kappa shape index (κ2) is 8.47. The number of nitrogens with one attached hydrogen (secondary N) is 2. The maximum atomic E-state index is 4.40. The molecule has 0 unspecified atom stereocenters. The maximum absolute atomic E-state index is 4.40. The number of hydrogen-bond donors (Lipinski definition) is 2. The molecule has 0 aliphatic rings. The molecule has 2 aromatic heterocycles. The van der Waals surface area contributed by atoms with Crippen LogP contribution in [0.2, 0.25) is 0 Å². The van der Waals surface area contributed by atoms with Crippen LogP contribution in [0.4, 0.5) is 5.82 Å². The van der Waals surface area contributed by atoms with Crippen molar-refractivity contribution in [2.24, 2.45) is 4.99 Å². The summed E-state index contributed by atoms with van der Waals surface area (Å²) in [5.41, 5.74) is 1.14. The Labute approximate surface area is 141 Å². The van der Waals surface area contributed by atoms with Crippen LogP contribution < -0.4 is 15.5 Å². The molecule has 2 N–H and O–H groups in total. The number of aromatic nitrogens is 2. The van der Waals surface area contributed by atoms with Crippen LogP contribution in [0.25, 0.3) is 0 Å². The number of hydrogen-bond acceptors (Lipinski definition) is 5. The predicted octanol–water partition coefficient (Wildman–Crippen LogP) is 1.82. The van der Waals surface area contributed by atoms with Gasteiger partial charge in [0.2, 0.25) is 0 Å². The largest absolute Gasteiger partial charge is 0.362 e. The number of aryl methyl sites for hydroxylation is 1. The summed E-state index contributed by atoms with van der Waals surface area (Å²) in [6.45, 7) is 3.56. The molecule has 0 saturated heterocycles. The SMILES string of the molecule is CN=C(NCCc1ncc(C)s1)NCc1cccnc1N(C)C. The van der Waals surface area contributed by atoms with E-state index in [1.54, 1.807) is 18.4 Å². The van der Waals surface area contributed by atoms with Crippen LogP contribution in [0.15, 0.2) is 29.5 Å². The van der Waals surface area contributed by atoms with Gasteiger partial charge in [0.1, 0.15) is 5.82 Å². The van der Waals surface area contributed by atoms with Crippen LogP contribution in [0.1, 0.15) is 15.4 Å². The lowest BCUT2D eigenvalue weighted by atomic mass is 10.2. The van der Waals surface area contributed by atoms with Crippen LogP contribution in [0, 0.1) is 6.92 Å². The summed E-state index contributed by atoms with van der Waals surface area (Å²) in [6.07, 6.45) is 4.62. The van der Waals surface area contributed by atoms with E-state index in [4.69, 9.17) is 0 Å². The van der Waals surface area contributed by atoms with Crippen molar-refractivity contribution in [1.82, 2.24) is 20.6 Å². The molecule has 0 saturated carbocycles. The first-order chi connectivity index (χ1) is 11.1. The fourth-order valence-corrected chi connectivity index (χ4v) is 2.96. The lowest BCUT2D eigenvalue weighted by molar-refractivity contribution is 0.788. The Balaban J connectivity index is 1.83. The molecule has 0 atom stereocenters. The smallest absolute Gasteiger partial charge is 0.191 e. The normalized spacial score (nSPS) is 11.4. The summed E-state index contributed by atoms with van der Waals surface area (Å²) >= 11 is 1.74. The first-order valence-corrected chi connectivity index (χ1v) is 8.39. The Morgan fingerprint density at radius 1 is 1.30 bits per heavy atom. The van der Waals surface area contributed by atoms with Crippen LogP contribution >= 0.6 is 11.3 Å². The minimum atomic E-state index is 0.678. The minimum absolute atomic E-state index is 0.678. The molecular formula is C16H24N6S. The predicted molar refractivity (Wildman–Crippen MR) is 97.3 cm³/mol. The lowest BCUT2D eigenvalue weighted by Gasteiger charge is -2.17. The molecule has 0 aliphatic carbocycles. The first kappa shape index (κ1) is 17.2. The number of anilines is 1. The van der Waals surface area contributed by atoms with Crippen molar-refractivity contribution in [2.75, 3.05) is 32.6 Å². The third-order valence-corrected chi connectivity index (χ3v) is 4.23. The zero-order valence-electron chi connectivity index (χ0n) is 14.1. The highest BCUT2D eigenvalue weighted by molar-refractivity contribution is 7.11. The van der Waals surface area contributed by atoms with Gasteiger partial charge in [0.15, 0.2) is 5.96 Å². The summed E-state index contributed by atoms with van der Waals surface area (Å²) in [7, 11) is 5.77. The van der Waals surface area contributed by atoms with Gasteiger partial charge < -0.3 is 15.5 Å². The van der Waals surface area contributed by atoms with Crippen LogP contribution in [-0.2, 0) is 13.0 Å². The van der Waals surface area contributed by atoms with Gasteiger partial charge in [-0.2, -0.15) is 0 Å². The van der Waals surface area contributed by atoms with E-state index < -0.39 is 0 Å². The van der Waals surface area contributed by atoms with E-state index in [-0.39, 0.29) is 0 Å². The molecule has 124 valence electrons. The Morgan fingerprint density at radius 3 is 2.78 bits per heavy atom. The minimum Gasteiger partial charge on any atom is -0.362 e. The van der Waals surface area contributed by atoms with Crippen molar-refractivity contribution >= 4 is 23.1 Å². The average Bonchev–Trinajstić information content (AvgIpc) is 2.96. The number of aliphatic imine (C=N–C) groups is 1. The Kier molecular flexibility index (Phi) is 6.34. The van der Waals surface area contributed by atoms with E-state index in [1.807, 2.05) is 37.5 Å². The third kappa shape index (κ3) is 5.21.